The number of carbonyl (C=O) groups excluding carboxylic acids is 2. The van der Waals surface area contributed by atoms with Gasteiger partial charge in [0, 0.05) is 19.3 Å². The minimum absolute atomic E-state index is 0.0301. The van der Waals surface area contributed by atoms with E-state index in [-0.39, 0.29) is 23.8 Å². The second kappa shape index (κ2) is 9.78. The molecule has 1 aromatic heterocycles. The Hall–Kier alpha value is -2.46. The molecule has 0 bridgehead atoms. The molecule has 1 N–H and O–H groups in total. The van der Waals surface area contributed by atoms with Gasteiger partial charge in [0.25, 0.3) is 0 Å². The number of hydrogen-bond donors (Lipinski definition) is 1. The molecule has 1 aliphatic heterocycles. The Bertz CT molecular complexity index is 841. The molecule has 0 radical (unpaired) electrons. The molecule has 2 amide bonds. The van der Waals surface area contributed by atoms with Crippen LogP contribution < -0.4 is 5.32 Å². The van der Waals surface area contributed by atoms with E-state index in [1.165, 1.54) is 0 Å². The predicted molar refractivity (Wildman–Crippen MR) is 120 cm³/mol. The molecule has 0 aromatic carbocycles. The summed E-state index contributed by atoms with van der Waals surface area (Å²) in [7, 11) is 1.77. The fourth-order valence-electron chi connectivity index (χ4n) is 4.82. The first-order chi connectivity index (χ1) is 14.8. The average Bonchev–Trinajstić information content (AvgIpc) is 2.78. The lowest BCUT2D eigenvalue weighted by molar-refractivity contribution is -0.142. The van der Waals surface area contributed by atoms with E-state index >= 15 is 0 Å². The Kier molecular flexibility index (Phi) is 7.32. The number of nitriles is 1. The molecule has 2 atom stereocenters. The number of anilines is 1. The molecule has 2 unspecified atom stereocenters. The van der Waals surface area contributed by atoms with Crippen LogP contribution in [0, 0.1) is 30.1 Å². The maximum absolute atomic E-state index is 13.3. The van der Waals surface area contributed by atoms with Gasteiger partial charge in [-0.1, -0.05) is 13.0 Å². The number of aryl methyl sites for hydroxylation is 1. The zero-order valence-corrected chi connectivity index (χ0v) is 19.2. The van der Waals surface area contributed by atoms with Crippen LogP contribution >= 0.6 is 0 Å². The summed E-state index contributed by atoms with van der Waals surface area (Å²) in [6.07, 6.45) is 5.06. The standard InChI is InChI=1S/C24H35N5O2/c1-17-10-12-24(16-25,13-11-17)28(4)23(31)19(3)29-14-6-8-20(15-29)22(30)27-21-9-5-7-18(2)26-21/h5,7,9,17,19-20H,6,8,10-15H2,1-4H3,(H,26,27,30). The maximum atomic E-state index is 13.3. The number of carbonyl (C=O) groups is 2. The van der Waals surface area contributed by atoms with Crippen molar-refractivity contribution in [1.82, 2.24) is 14.8 Å². The molecule has 3 rings (SSSR count). The predicted octanol–water partition coefficient (Wildman–Crippen LogP) is 3.36. The highest BCUT2D eigenvalue weighted by Crippen LogP contribution is 2.36. The summed E-state index contributed by atoms with van der Waals surface area (Å²) in [5.41, 5.74) is 0.148. The van der Waals surface area contributed by atoms with Gasteiger partial charge in [-0.05, 0) is 77.0 Å². The highest BCUT2D eigenvalue weighted by molar-refractivity contribution is 5.92. The first-order valence-corrected chi connectivity index (χ1v) is 11.4. The first kappa shape index (κ1) is 23.2. The van der Waals surface area contributed by atoms with E-state index in [2.05, 4.69) is 28.2 Å². The quantitative estimate of drug-likeness (QED) is 0.781. The van der Waals surface area contributed by atoms with E-state index in [1.54, 1.807) is 18.0 Å². The molecule has 168 valence electrons. The van der Waals surface area contributed by atoms with Gasteiger partial charge in [-0.15, -0.1) is 0 Å². The second-order valence-corrected chi connectivity index (χ2v) is 9.39. The lowest BCUT2D eigenvalue weighted by atomic mass is 9.77. The number of likely N-dealkylation sites (N-methyl/N-ethyl adjacent to an activating group) is 1. The Morgan fingerprint density at radius 1 is 1.32 bits per heavy atom. The maximum Gasteiger partial charge on any atom is 0.240 e. The van der Waals surface area contributed by atoms with Crippen molar-refractivity contribution in [2.45, 2.75) is 70.9 Å². The van der Waals surface area contributed by atoms with Crippen LogP contribution in [0.4, 0.5) is 5.82 Å². The Balaban J connectivity index is 1.63. The molecule has 1 aliphatic carbocycles. The van der Waals surface area contributed by atoms with Gasteiger partial charge >= 0.3 is 0 Å². The average molecular weight is 426 g/mol. The van der Waals surface area contributed by atoms with Gasteiger partial charge in [0.1, 0.15) is 11.4 Å². The van der Waals surface area contributed by atoms with E-state index in [0.717, 1.165) is 50.8 Å². The van der Waals surface area contributed by atoms with Crippen LogP contribution in [-0.4, -0.2) is 58.3 Å². The summed E-state index contributed by atoms with van der Waals surface area (Å²) in [4.78, 5) is 34.2. The molecular formula is C24H35N5O2. The van der Waals surface area contributed by atoms with Crippen LogP contribution in [-0.2, 0) is 9.59 Å². The third-order valence-electron chi connectivity index (χ3n) is 7.15. The van der Waals surface area contributed by atoms with Crippen molar-refractivity contribution in [3.05, 3.63) is 23.9 Å². The van der Waals surface area contributed by atoms with Crippen LogP contribution in [0.15, 0.2) is 18.2 Å². The van der Waals surface area contributed by atoms with Crippen LogP contribution in [0.1, 0.15) is 58.1 Å². The monoisotopic (exact) mass is 425 g/mol. The summed E-state index contributed by atoms with van der Waals surface area (Å²) in [6, 6.07) is 7.65. The molecule has 7 nitrogen and oxygen atoms in total. The van der Waals surface area contributed by atoms with Crippen molar-refractivity contribution in [3.8, 4) is 6.07 Å². The summed E-state index contributed by atoms with van der Waals surface area (Å²) < 4.78 is 0. The van der Waals surface area contributed by atoms with Gasteiger partial charge in [0.05, 0.1) is 18.0 Å². The lowest BCUT2D eigenvalue weighted by Crippen LogP contribution is -2.57. The molecule has 0 spiro atoms. The van der Waals surface area contributed by atoms with Crippen molar-refractivity contribution in [2.75, 3.05) is 25.5 Å². The smallest absolute Gasteiger partial charge is 0.240 e. The molecular weight excluding hydrogens is 390 g/mol. The van der Waals surface area contributed by atoms with E-state index in [1.807, 2.05) is 26.0 Å². The van der Waals surface area contributed by atoms with Crippen molar-refractivity contribution in [3.63, 3.8) is 0 Å². The van der Waals surface area contributed by atoms with Gasteiger partial charge < -0.3 is 10.2 Å². The van der Waals surface area contributed by atoms with E-state index < -0.39 is 5.54 Å². The minimum Gasteiger partial charge on any atom is -0.326 e. The number of hydrogen-bond acceptors (Lipinski definition) is 5. The van der Waals surface area contributed by atoms with Crippen LogP contribution in [0.3, 0.4) is 0 Å². The van der Waals surface area contributed by atoms with Crippen molar-refractivity contribution >= 4 is 17.6 Å². The van der Waals surface area contributed by atoms with Gasteiger partial charge in [0.15, 0.2) is 0 Å². The Morgan fingerprint density at radius 3 is 2.68 bits per heavy atom. The summed E-state index contributed by atoms with van der Waals surface area (Å²) in [5.74, 6) is 0.903. The second-order valence-electron chi connectivity index (χ2n) is 9.39. The molecule has 2 aliphatic rings. The zero-order valence-electron chi connectivity index (χ0n) is 19.2. The molecule has 2 fully saturated rings. The van der Waals surface area contributed by atoms with Gasteiger partial charge in [0.2, 0.25) is 11.8 Å². The largest absolute Gasteiger partial charge is 0.326 e. The van der Waals surface area contributed by atoms with Crippen molar-refractivity contribution in [2.24, 2.45) is 11.8 Å². The molecule has 31 heavy (non-hydrogen) atoms. The fraction of sp³-hybridized carbons (Fsp3) is 0.667. The highest BCUT2D eigenvalue weighted by atomic mass is 16.2. The summed E-state index contributed by atoms with van der Waals surface area (Å²) in [5, 5.41) is 12.8. The molecule has 1 saturated heterocycles. The molecule has 1 saturated carbocycles. The van der Waals surface area contributed by atoms with Crippen LogP contribution in [0.2, 0.25) is 0 Å². The van der Waals surface area contributed by atoms with Gasteiger partial charge in [-0.25, -0.2) is 4.98 Å². The third kappa shape index (κ3) is 5.24. The first-order valence-electron chi connectivity index (χ1n) is 11.4. The number of rotatable bonds is 5. The molecule has 1 aromatic rings. The van der Waals surface area contributed by atoms with Crippen molar-refractivity contribution in [1.29, 1.82) is 5.26 Å². The van der Waals surface area contributed by atoms with E-state index in [4.69, 9.17) is 0 Å². The SMILES string of the molecule is Cc1cccc(NC(=O)C2CCCN(C(C)C(=O)N(C)C3(C#N)CCC(C)CC3)C2)n1. The van der Waals surface area contributed by atoms with Crippen LogP contribution in [0.5, 0.6) is 0 Å². The van der Waals surface area contributed by atoms with E-state index in [9.17, 15) is 14.9 Å². The molecule has 7 heteroatoms. The number of pyridine rings is 1. The number of piperidine rings is 1. The topological polar surface area (TPSA) is 89.3 Å². The van der Waals surface area contributed by atoms with Crippen LogP contribution in [0.25, 0.3) is 0 Å². The van der Waals surface area contributed by atoms with Gasteiger partial charge in [-0.3, -0.25) is 14.5 Å². The summed E-state index contributed by atoms with van der Waals surface area (Å²) in [6.45, 7) is 7.32. The number of amides is 2. The lowest BCUT2D eigenvalue weighted by Gasteiger charge is -2.44. The number of nitrogens with zero attached hydrogens (tertiary/aromatic N) is 4. The minimum atomic E-state index is -0.707. The zero-order chi connectivity index (χ0) is 22.6. The molecule has 2 heterocycles. The Labute approximate surface area is 185 Å². The van der Waals surface area contributed by atoms with Gasteiger partial charge in [-0.2, -0.15) is 5.26 Å². The number of aromatic nitrogens is 1. The Morgan fingerprint density at radius 2 is 2.03 bits per heavy atom. The van der Waals surface area contributed by atoms with Crippen molar-refractivity contribution < 1.29 is 9.59 Å². The third-order valence-corrected chi connectivity index (χ3v) is 7.15. The summed E-state index contributed by atoms with van der Waals surface area (Å²) >= 11 is 0. The number of nitrogens with one attached hydrogen (secondary N) is 1. The highest BCUT2D eigenvalue weighted by Gasteiger charge is 2.43. The normalized spacial score (nSPS) is 27.7. The number of likely N-dealkylation sites (tertiary alicyclic amines) is 1. The fourth-order valence-corrected chi connectivity index (χ4v) is 4.82. The van der Waals surface area contributed by atoms with E-state index in [0.29, 0.717) is 18.3 Å².